The molecular weight excluding hydrogens is 373 g/mol. The van der Waals surface area contributed by atoms with Gasteiger partial charge in [-0.1, -0.05) is 6.92 Å². The number of rotatable bonds is 6. The van der Waals surface area contributed by atoms with Crippen molar-refractivity contribution in [1.82, 2.24) is 31.9 Å². The number of halogens is 1. The van der Waals surface area contributed by atoms with Gasteiger partial charge in [-0.15, -0.1) is 0 Å². The minimum Gasteiger partial charge on any atom is -0.354 e. The van der Waals surface area contributed by atoms with Crippen LogP contribution in [0.4, 0.5) is 4.39 Å². The number of carbonyl (C=O) groups excluding carboxylic acids is 1. The first-order valence-electron chi connectivity index (χ1n) is 11.3. The van der Waals surface area contributed by atoms with Crippen molar-refractivity contribution in [3.63, 3.8) is 0 Å². The molecule has 3 rings (SSSR count). The molecule has 0 aromatic carbocycles. The number of hydrogen-bond donors (Lipinski definition) is 5. The van der Waals surface area contributed by atoms with Gasteiger partial charge >= 0.3 is 0 Å². The first-order valence-corrected chi connectivity index (χ1v) is 11.3. The molecule has 8 nitrogen and oxygen atoms in total. The van der Waals surface area contributed by atoms with Crippen molar-refractivity contribution in [3.05, 3.63) is 0 Å². The van der Waals surface area contributed by atoms with Crippen molar-refractivity contribution in [2.45, 2.75) is 96.2 Å². The SMILES string of the molecule is CCCN1CCC(C(=O)N/C(=N/C2CC(C3CCC(F)CC3)NN2)NC(C)C)N1. The standard InChI is InChI=1S/C20H38FN7O/c1-4-10-28-11-9-16(27-28)19(29)24-20(22-13(2)3)23-18-12-17(25-26-18)14-5-7-15(21)8-6-14/h13-18,25-27H,4-12H2,1-3H3,(H2,22,23,24,29). The van der Waals surface area contributed by atoms with Gasteiger partial charge in [0.2, 0.25) is 5.91 Å². The van der Waals surface area contributed by atoms with Gasteiger partial charge in [0.1, 0.15) is 18.4 Å². The van der Waals surface area contributed by atoms with Gasteiger partial charge in [0.05, 0.1) is 0 Å². The lowest BCUT2D eigenvalue weighted by atomic mass is 9.82. The Kier molecular flexibility index (Phi) is 8.23. The van der Waals surface area contributed by atoms with Gasteiger partial charge in [-0.05, 0) is 58.3 Å². The Morgan fingerprint density at radius 3 is 2.66 bits per heavy atom. The highest BCUT2D eigenvalue weighted by Gasteiger charge is 2.34. The van der Waals surface area contributed by atoms with E-state index in [1.807, 2.05) is 13.8 Å². The van der Waals surface area contributed by atoms with Crippen molar-refractivity contribution in [2.24, 2.45) is 10.9 Å². The average molecular weight is 412 g/mol. The minimum absolute atomic E-state index is 0.0562. The monoisotopic (exact) mass is 411 g/mol. The maximum atomic E-state index is 13.4. The fraction of sp³-hybridized carbons (Fsp3) is 0.900. The summed E-state index contributed by atoms with van der Waals surface area (Å²) >= 11 is 0. The van der Waals surface area contributed by atoms with E-state index in [9.17, 15) is 9.18 Å². The molecule has 2 saturated heterocycles. The predicted octanol–water partition coefficient (Wildman–Crippen LogP) is 1.17. The number of aliphatic imine (C=N–C) groups is 1. The molecule has 1 saturated carbocycles. The van der Waals surface area contributed by atoms with Crippen LogP contribution in [0.1, 0.15) is 65.7 Å². The highest BCUT2D eigenvalue weighted by atomic mass is 19.1. The molecule has 0 aromatic heterocycles. The van der Waals surface area contributed by atoms with E-state index in [0.717, 1.165) is 45.2 Å². The molecule has 9 heteroatoms. The Morgan fingerprint density at radius 1 is 1.21 bits per heavy atom. The van der Waals surface area contributed by atoms with Crippen LogP contribution in [0, 0.1) is 5.92 Å². The van der Waals surface area contributed by atoms with Gasteiger partial charge in [-0.2, -0.15) is 0 Å². The summed E-state index contributed by atoms with van der Waals surface area (Å²) in [6.07, 6.45) is 5.11. The molecule has 29 heavy (non-hydrogen) atoms. The Morgan fingerprint density at radius 2 is 1.97 bits per heavy atom. The molecule has 0 spiro atoms. The van der Waals surface area contributed by atoms with Crippen LogP contribution in [0.25, 0.3) is 0 Å². The van der Waals surface area contributed by atoms with Gasteiger partial charge in [0.15, 0.2) is 5.96 Å². The van der Waals surface area contributed by atoms with E-state index < -0.39 is 6.17 Å². The molecule has 1 aliphatic carbocycles. The van der Waals surface area contributed by atoms with Gasteiger partial charge in [0, 0.05) is 31.6 Å². The highest BCUT2D eigenvalue weighted by molar-refractivity contribution is 5.99. The van der Waals surface area contributed by atoms with E-state index in [2.05, 4.69) is 38.8 Å². The third-order valence-electron chi connectivity index (χ3n) is 5.97. The Hall–Kier alpha value is -1.29. The maximum Gasteiger partial charge on any atom is 0.245 e. The second kappa shape index (κ2) is 10.7. The van der Waals surface area contributed by atoms with Crippen LogP contribution >= 0.6 is 0 Å². The lowest BCUT2D eigenvalue weighted by molar-refractivity contribution is -0.121. The lowest BCUT2D eigenvalue weighted by Crippen LogP contribution is -2.52. The first-order chi connectivity index (χ1) is 13.9. The fourth-order valence-electron chi connectivity index (χ4n) is 4.45. The van der Waals surface area contributed by atoms with E-state index in [1.165, 1.54) is 0 Å². The minimum atomic E-state index is -0.635. The number of amides is 1. The number of nitrogens with zero attached hydrogens (tertiary/aromatic N) is 2. The number of hydrogen-bond acceptors (Lipinski definition) is 6. The highest BCUT2D eigenvalue weighted by Crippen LogP contribution is 2.31. The number of nitrogens with one attached hydrogen (secondary N) is 5. The van der Waals surface area contributed by atoms with Crippen LogP contribution < -0.4 is 26.9 Å². The van der Waals surface area contributed by atoms with Crippen LogP contribution in [0.3, 0.4) is 0 Å². The van der Waals surface area contributed by atoms with Crippen LogP contribution in [0.15, 0.2) is 4.99 Å². The summed E-state index contributed by atoms with van der Waals surface area (Å²) in [7, 11) is 0. The molecular formula is C20H38FN7O. The van der Waals surface area contributed by atoms with Crippen LogP contribution in [0.2, 0.25) is 0 Å². The quantitative estimate of drug-likeness (QED) is 0.333. The van der Waals surface area contributed by atoms with Crippen molar-refractivity contribution in [2.75, 3.05) is 13.1 Å². The largest absolute Gasteiger partial charge is 0.354 e. The summed E-state index contributed by atoms with van der Waals surface area (Å²) in [6.45, 7) is 8.00. The van der Waals surface area contributed by atoms with Crippen molar-refractivity contribution < 1.29 is 9.18 Å². The number of hydrazine groups is 2. The van der Waals surface area contributed by atoms with Gasteiger partial charge in [0.25, 0.3) is 0 Å². The molecule has 0 radical (unpaired) electrons. The molecule has 3 aliphatic rings. The smallest absolute Gasteiger partial charge is 0.245 e. The summed E-state index contributed by atoms with van der Waals surface area (Å²) < 4.78 is 13.4. The normalized spacial score (nSPS) is 34.0. The summed E-state index contributed by atoms with van der Waals surface area (Å²) in [4.78, 5) is 17.4. The molecule has 0 aromatic rings. The second-order valence-electron chi connectivity index (χ2n) is 8.88. The predicted molar refractivity (Wildman–Crippen MR) is 113 cm³/mol. The zero-order chi connectivity index (χ0) is 20.8. The third-order valence-corrected chi connectivity index (χ3v) is 5.97. The van der Waals surface area contributed by atoms with Crippen molar-refractivity contribution in [3.8, 4) is 0 Å². The third kappa shape index (κ3) is 6.60. The molecule has 3 fully saturated rings. The van der Waals surface area contributed by atoms with Crippen molar-refractivity contribution >= 4 is 11.9 Å². The molecule has 166 valence electrons. The van der Waals surface area contributed by atoms with Gasteiger partial charge in [-0.3, -0.25) is 15.5 Å². The van der Waals surface area contributed by atoms with Crippen molar-refractivity contribution in [1.29, 1.82) is 0 Å². The molecule has 2 aliphatic heterocycles. The zero-order valence-electron chi connectivity index (χ0n) is 18.0. The van der Waals surface area contributed by atoms with Crippen LogP contribution in [-0.4, -0.2) is 60.4 Å². The number of carbonyl (C=O) groups is 1. The maximum absolute atomic E-state index is 13.4. The zero-order valence-corrected chi connectivity index (χ0v) is 18.0. The van der Waals surface area contributed by atoms with Crippen LogP contribution in [0.5, 0.6) is 0 Å². The number of guanidine groups is 1. The lowest BCUT2D eigenvalue weighted by Gasteiger charge is -2.28. The summed E-state index contributed by atoms with van der Waals surface area (Å²) in [5.74, 6) is 0.936. The van der Waals surface area contributed by atoms with Gasteiger partial charge in [-0.25, -0.2) is 25.2 Å². The van der Waals surface area contributed by atoms with E-state index in [1.54, 1.807) is 0 Å². The Bertz CT molecular complexity index is 565. The summed E-state index contributed by atoms with van der Waals surface area (Å²) in [5.41, 5.74) is 9.86. The summed E-state index contributed by atoms with van der Waals surface area (Å²) in [6, 6.07) is 0.234. The Balaban J connectivity index is 1.54. The first kappa shape index (κ1) is 22.4. The van der Waals surface area contributed by atoms with E-state index >= 15 is 0 Å². The number of alkyl halides is 1. The molecule has 3 atom stereocenters. The summed E-state index contributed by atoms with van der Waals surface area (Å²) in [5, 5.41) is 8.34. The molecule has 3 unspecified atom stereocenters. The fourth-order valence-corrected chi connectivity index (χ4v) is 4.45. The average Bonchev–Trinajstić information content (AvgIpc) is 3.32. The molecule has 2 heterocycles. The second-order valence-corrected chi connectivity index (χ2v) is 8.88. The molecule has 0 bridgehead atoms. The van der Waals surface area contributed by atoms with Crippen LogP contribution in [-0.2, 0) is 4.79 Å². The molecule has 1 amide bonds. The van der Waals surface area contributed by atoms with Gasteiger partial charge < -0.3 is 5.32 Å². The van der Waals surface area contributed by atoms with E-state index in [-0.39, 0.29) is 24.2 Å². The van der Waals surface area contributed by atoms with E-state index in [4.69, 9.17) is 4.99 Å². The Labute approximate surface area is 173 Å². The molecule has 5 N–H and O–H groups in total. The van der Waals surface area contributed by atoms with E-state index in [0.29, 0.717) is 30.8 Å². The topological polar surface area (TPSA) is 92.8 Å².